The maximum absolute atomic E-state index is 8.91. The van der Waals surface area contributed by atoms with Crippen LogP contribution in [0, 0.1) is 11.3 Å². The Kier molecular flexibility index (Phi) is 2.45. The highest BCUT2D eigenvalue weighted by Gasteiger charge is 2.10. The fraction of sp³-hybridized carbons (Fsp3) is 0.182. The first kappa shape index (κ1) is 9.51. The molecule has 1 nitrogen and oxygen atoms in total. The van der Waals surface area contributed by atoms with Gasteiger partial charge >= 0.3 is 0 Å². The van der Waals surface area contributed by atoms with Gasteiger partial charge in [0.15, 0.2) is 0 Å². The van der Waals surface area contributed by atoms with Gasteiger partial charge in [0, 0.05) is 15.5 Å². The topological polar surface area (TPSA) is 23.8 Å². The zero-order valence-electron chi connectivity index (χ0n) is 7.67. The number of hydrogen-bond acceptors (Lipinski definition) is 2. The molecule has 2 rings (SSSR count). The van der Waals surface area contributed by atoms with Crippen LogP contribution in [0.25, 0.3) is 10.1 Å². The summed E-state index contributed by atoms with van der Waals surface area (Å²) in [4.78, 5) is 0. The molecule has 0 saturated carbocycles. The molecule has 0 fully saturated rings. The van der Waals surface area contributed by atoms with E-state index in [0.29, 0.717) is 10.6 Å². The van der Waals surface area contributed by atoms with Crippen LogP contribution in [0.2, 0.25) is 5.02 Å². The quantitative estimate of drug-likeness (QED) is 0.715. The minimum atomic E-state index is 0.676. The molecule has 0 spiro atoms. The highest BCUT2D eigenvalue weighted by molar-refractivity contribution is 7.17. The summed E-state index contributed by atoms with van der Waals surface area (Å²) in [6.07, 6.45) is 0.971. The fourth-order valence-corrected chi connectivity index (χ4v) is 2.95. The first-order valence-electron chi connectivity index (χ1n) is 4.36. The first-order valence-corrected chi connectivity index (χ1v) is 5.62. The molecule has 1 heterocycles. The molecule has 0 amide bonds. The molecule has 1 aromatic heterocycles. The molecule has 0 aliphatic heterocycles. The van der Waals surface area contributed by atoms with Crippen molar-refractivity contribution in [2.45, 2.75) is 13.3 Å². The highest BCUT2D eigenvalue weighted by Crippen LogP contribution is 2.34. The van der Waals surface area contributed by atoms with Gasteiger partial charge in [-0.25, -0.2) is 0 Å². The summed E-state index contributed by atoms with van der Waals surface area (Å²) in [5.41, 5.74) is 1.95. The summed E-state index contributed by atoms with van der Waals surface area (Å²) >= 11 is 7.66. The molecule has 0 N–H and O–H groups in total. The van der Waals surface area contributed by atoms with Crippen LogP contribution in [0.4, 0.5) is 0 Å². The van der Waals surface area contributed by atoms with Crippen LogP contribution in [0.1, 0.15) is 18.1 Å². The van der Waals surface area contributed by atoms with Gasteiger partial charge in [0.25, 0.3) is 0 Å². The Balaban J connectivity index is 2.89. The van der Waals surface area contributed by atoms with Crippen molar-refractivity contribution in [1.82, 2.24) is 0 Å². The molecular formula is C11H8ClNS. The van der Waals surface area contributed by atoms with Crippen LogP contribution in [0.5, 0.6) is 0 Å². The van der Waals surface area contributed by atoms with Gasteiger partial charge in [0.2, 0.25) is 0 Å². The number of nitrogens with zero attached hydrogens (tertiary/aromatic N) is 1. The van der Waals surface area contributed by atoms with Crippen LogP contribution in [-0.4, -0.2) is 0 Å². The van der Waals surface area contributed by atoms with Crippen molar-refractivity contribution in [1.29, 1.82) is 5.26 Å². The Morgan fingerprint density at radius 1 is 1.50 bits per heavy atom. The van der Waals surface area contributed by atoms with Crippen molar-refractivity contribution in [3.05, 3.63) is 33.7 Å². The molecule has 0 atom stereocenters. The summed E-state index contributed by atoms with van der Waals surface area (Å²) in [5, 5.41) is 12.4. The lowest BCUT2D eigenvalue weighted by atomic mass is 10.1. The zero-order valence-corrected chi connectivity index (χ0v) is 9.25. The molecule has 0 aliphatic rings. The van der Waals surface area contributed by atoms with Gasteiger partial charge in [0.05, 0.1) is 10.6 Å². The fourth-order valence-electron chi connectivity index (χ4n) is 1.52. The maximum Gasteiger partial charge on any atom is 0.101 e. The Morgan fingerprint density at radius 2 is 2.29 bits per heavy atom. The lowest BCUT2D eigenvalue weighted by Crippen LogP contribution is -1.81. The Labute approximate surface area is 91.5 Å². The van der Waals surface area contributed by atoms with Gasteiger partial charge in [-0.3, -0.25) is 0 Å². The van der Waals surface area contributed by atoms with Gasteiger partial charge in [-0.15, -0.1) is 11.3 Å². The van der Waals surface area contributed by atoms with Crippen molar-refractivity contribution in [2.24, 2.45) is 0 Å². The number of thiophene rings is 1. The normalized spacial score (nSPS) is 10.4. The molecule has 0 aliphatic carbocycles. The van der Waals surface area contributed by atoms with Gasteiger partial charge in [-0.05, 0) is 18.1 Å². The summed E-state index contributed by atoms with van der Waals surface area (Å²) < 4.78 is 1.15. The third kappa shape index (κ3) is 1.30. The Morgan fingerprint density at radius 3 is 2.93 bits per heavy atom. The van der Waals surface area contributed by atoms with E-state index in [2.05, 4.69) is 13.0 Å². The molecule has 0 bridgehead atoms. The van der Waals surface area contributed by atoms with Gasteiger partial charge < -0.3 is 0 Å². The molecule has 1 aromatic carbocycles. The summed E-state index contributed by atoms with van der Waals surface area (Å²) in [5.74, 6) is 0. The highest BCUT2D eigenvalue weighted by atomic mass is 35.5. The summed E-state index contributed by atoms with van der Waals surface area (Å²) in [7, 11) is 0. The molecule has 3 heteroatoms. The van der Waals surface area contributed by atoms with Crippen molar-refractivity contribution < 1.29 is 0 Å². The van der Waals surface area contributed by atoms with Crippen LogP contribution < -0.4 is 0 Å². The van der Waals surface area contributed by atoms with Gasteiger partial charge in [0.1, 0.15) is 6.07 Å². The summed E-state index contributed by atoms with van der Waals surface area (Å²) in [6, 6.07) is 6.07. The predicted molar refractivity (Wildman–Crippen MR) is 60.9 cm³/mol. The second-order valence-corrected chi connectivity index (χ2v) is 4.31. The maximum atomic E-state index is 8.91. The predicted octanol–water partition coefficient (Wildman–Crippen LogP) is 3.99. The van der Waals surface area contributed by atoms with Crippen LogP contribution >= 0.6 is 22.9 Å². The SMILES string of the molecule is CCc1ccc(Cl)c2c(C#N)csc12. The number of nitriles is 1. The monoisotopic (exact) mass is 221 g/mol. The third-order valence-electron chi connectivity index (χ3n) is 2.25. The van der Waals surface area contributed by atoms with E-state index in [1.54, 1.807) is 11.3 Å². The van der Waals surface area contributed by atoms with Crippen LogP contribution in [0.15, 0.2) is 17.5 Å². The van der Waals surface area contributed by atoms with Gasteiger partial charge in [-0.1, -0.05) is 24.6 Å². The number of aryl methyl sites for hydroxylation is 1. The van der Waals surface area contributed by atoms with E-state index >= 15 is 0 Å². The van der Waals surface area contributed by atoms with E-state index in [0.717, 1.165) is 16.5 Å². The first-order chi connectivity index (χ1) is 6.77. The standard InChI is InChI=1S/C11H8ClNS/c1-2-7-3-4-9(12)10-8(5-13)6-14-11(7)10/h3-4,6H,2H2,1H3. The van der Waals surface area contributed by atoms with Crippen molar-refractivity contribution in [3.63, 3.8) is 0 Å². The minimum absolute atomic E-state index is 0.676. The largest absolute Gasteiger partial charge is 0.192 e. The van der Waals surface area contributed by atoms with E-state index in [1.807, 2.05) is 17.5 Å². The number of rotatable bonds is 1. The Hall–Kier alpha value is -1.04. The lowest BCUT2D eigenvalue weighted by Gasteiger charge is -2.00. The lowest BCUT2D eigenvalue weighted by molar-refractivity contribution is 1.16. The molecule has 0 radical (unpaired) electrons. The molecule has 2 aromatic rings. The molecule has 0 unspecified atom stereocenters. The van der Waals surface area contributed by atoms with E-state index in [4.69, 9.17) is 16.9 Å². The second-order valence-electron chi connectivity index (χ2n) is 3.03. The molecule has 70 valence electrons. The molecule has 0 saturated heterocycles. The smallest absolute Gasteiger partial charge is 0.101 e. The second kappa shape index (κ2) is 3.61. The number of fused-ring (bicyclic) bond motifs is 1. The number of benzene rings is 1. The molecule has 14 heavy (non-hydrogen) atoms. The average Bonchev–Trinajstić information content (AvgIpc) is 2.63. The third-order valence-corrected chi connectivity index (χ3v) is 3.62. The average molecular weight is 222 g/mol. The van der Waals surface area contributed by atoms with Gasteiger partial charge in [-0.2, -0.15) is 5.26 Å². The van der Waals surface area contributed by atoms with Crippen LogP contribution in [-0.2, 0) is 6.42 Å². The van der Waals surface area contributed by atoms with E-state index < -0.39 is 0 Å². The van der Waals surface area contributed by atoms with E-state index in [1.165, 1.54) is 5.56 Å². The van der Waals surface area contributed by atoms with Crippen LogP contribution in [0.3, 0.4) is 0 Å². The van der Waals surface area contributed by atoms with E-state index in [-0.39, 0.29) is 0 Å². The summed E-state index contributed by atoms with van der Waals surface area (Å²) in [6.45, 7) is 2.11. The number of hydrogen-bond donors (Lipinski definition) is 0. The van der Waals surface area contributed by atoms with E-state index in [9.17, 15) is 0 Å². The Bertz CT molecular complexity index is 522. The molecular weight excluding hydrogens is 214 g/mol. The minimum Gasteiger partial charge on any atom is -0.192 e. The number of halogens is 1. The zero-order chi connectivity index (χ0) is 10.1. The van der Waals surface area contributed by atoms with Crippen molar-refractivity contribution in [3.8, 4) is 6.07 Å². The van der Waals surface area contributed by atoms with Crippen molar-refractivity contribution in [2.75, 3.05) is 0 Å². The van der Waals surface area contributed by atoms with Crippen molar-refractivity contribution >= 4 is 33.0 Å².